The highest BCUT2D eigenvalue weighted by Crippen LogP contribution is 2.26. The average molecular weight is 317 g/mol. The Labute approximate surface area is 121 Å². The summed E-state index contributed by atoms with van der Waals surface area (Å²) in [6.45, 7) is 0.198. The molecule has 0 atom stereocenters. The Hall–Kier alpha value is -1.64. The van der Waals surface area contributed by atoms with Crippen LogP contribution in [0.5, 0.6) is 5.75 Å². The molecule has 20 heavy (non-hydrogen) atoms. The van der Waals surface area contributed by atoms with Crippen molar-refractivity contribution < 1.29 is 13.2 Å². The molecule has 2 rings (SSSR count). The van der Waals surface area contributed by atoms with E-state index in [4.69, 9.17) is 16.3 Å². The first kappa shape index (κ1) is 14.8. The molecule has 2 N–H and O–H groups in total. The second-order valence-corrected chi connectivity index (χ2v) is 6.05. The summed E-state index contributed by atoms with van der Waals surface area (Å²) in [5.74, 6) is 0.806. The number of nitrogens with zero attached hydrogens (tertiary/aromatic N) is 2. The number of nitrogens with one attached hydrogen (secondary N) is 2. The van der Waals surface area contributed by atoms with Gasteiger partial charge in [0.2, 0.25) is 10.0 Å². The zero-order valence-electron chi connectivity index (χ0n) is 10.6. The molecule has 0 aliphatic rings. The SMILES string of the molecule is COc1cc(Cl)ccc1S(=O)(=O)NCCc1ncn[nH]1. The first-order valence-corrected chi connectivity index (χ1v) is 7.56. The number of sulfonamides is 1. The third-order valence-corrected chi connectivity index (χ3v) is 4.27. The van der Waals surface area contributed by atoms with E-state index in [-0.39, 0.29) is 17.2 Å². The maximum atomic E-state index is 12.2. The molecular formula is C11H13ClN4O3S. The van der Waals surface area contributed by atoms with Crippen molar-refractivity contribution in [3.63, 3.8) is 0 Å². The van der Waals surface area contributed by atoms with Gasteiger partial charge in [-0.1, -0.05) is 11.6 Å². The highest BCUT2D eigenvalue weighted by Gasteiger charge is 2.19. The van der Waals surface area contributed by atoms with Gasteiger partial charge in [0, 0.05) is 24.1 Å². The molecule has 0 aliphatic heterocycles. The topological polar surface area (TPSA) is 97.0 Å². The molecule has 0 radical (unpaired) electrons. The van der Waals surface area contributed by atoms with Gasteiger partial charge in [0.15, 0.2) is 0 Å². The van der Waals surface area contributed by atoms with Gasteiger partial charge in [0.05, 0.1) is 7.11 Å². The Morgan fingerprint density at radius 3 is 2.90 bits per heavy atom. The summed E-state index contributed by atoms with van der Waals surface area (Å²) in [7, 11) is -2.28. The lowest BCUT2D eigenvalue weighted by Gasteiger charge is -2.10. The van der Waals surface area contributed by atoms with Gasteiger partial charge < -0.3 is 4.74 Å². The van der Waals surface area contributed by atoms with Crippen LogP contribution in [0.3, 0.4) is 0 Å². The van der Waals surface area contributed by atoms with Crippen LogP contribution in [0.15, 0.2) is 29.4 Å². The zero-order chi connectivity index (χ0) is 14.6. The molecule has 0 fully saturated rings. The summed E-state index contributed by atoms with van der Waals surface area (Å²) < 4.78 is 31.8. The molecule has 2 aromatic rings. The summed E-state index contributed by atoms with van der Waals surface area (Å²) in [5.41, 5.74) is 0. The monoisotopic (exact) mass is 316 g/mol. The fourth-order valence-corrected chi connectivity index (χ4v) is 2.94. The Bertz CT molecular complexity index is 673. The van der Waals surface area contributed by atoms with Crippen molar-refractivity contribution >= 4 is 21.6 Å². The van der Waals surface area contributed by atoms with Crippen LogP contribution < -0.4 is 9.46 Å². The fourth-order valence-electron chi connectivity index (χ4n) is 1.60. The Morgan fingerprint density at radius 2 is 2.25 bits per heavy atom. The molecular weight excluding hydrogens is 304 g/mol. The second-order valence-electron chi connectivity index (χ2n) is 3.88. The molecule has 9 heteroatoms. The molecule has 7 nitrogen and oxygen atoms in total. The van der Waals surface area contributed by atoms with E-state index >= 15 is 0 Å². The first-order valence-electron chi connectivity index (χ1n) is 5.70. The fraction of sp³-hybridized carbons (Fsp3) is 0.273. The minimum atomic E-state index is -3.67. The van der Waals surface area contributed by atoms with Crippen molar-refractivity contribution in [2.24, 2.45) is 0 Å². The Morgan fingerprint density at radius 1 is 1.45 bits per heavy atom. The summed E-state index contributed by atoms with van der Waals surface area (Å²) in [6, 6.07) is 4.35. The molecule has 0 aliphatic carbocycles. The number of aromatic amines is 1. The van der Waals surface area contributed by atoms with Crippen molar-refractivity contribution in [2.75, 3.05) is 13.7 Å². The van der Waals surface area contributed by atoms with Crippen LogP contribution in [-0.2, 0) is 16.4 Å². The molecule has 1 heterocycles. The second kappa shape index (κ2) is 6.21. The number of methoxy groups -OCH3 is 1. The van der Waals surface area contributed by atoms with Gasteiger partial charge in [0.1, 0.15) is 22.8 Å². The van der Waals surface area contributed by atoms with Crippen molar-refractivity contribution in [3.8, 4) is 5.75 Å². The van der Waals surface area contributed by atoms with E-state index in [2.05, 4.69) is 19.9 Å². The zero-order valence-corrected chi connectivity index (χ0v) is 12.2. The summed E-state index contributed by atoms with van der Waals surface area (Å²) in [4.78, 5) is 3.95. The highest BCUT2D eigenvalue weighted by atomic mass is 35.5. The maximum Gasteiger partial charge on any atom is 0.244 e. The van der Waals surface area contributed by atoms with Gasteiger partial charge in [-0.3, -0.25) is 5.10 Å². The maximum absolute atomic E-state index is 12.2. The lowest BCUT2D eigenvalue weighted by molar-refractivity contribution is 0.402. The largest absolute Gasteiger partial charge is 0.495 e. The molecule has 0 saturated heterocycles. The molecule has 1 aromatic heterocycles. The van der Waals surface area contributed by atoms with Crippen LogP contribution in [0.25, 0.3) is 0 Å². The van der Waals surface area contributed by atoms with Gasteiger partial charge in [-0.2, -0.15) is 5.10 Å². The van der Waals surface area contributed by atoms with E-state index in [0.29, 0.717) is 17.3 Å². The minimum absolute atomic E-state index is 0.0435. The molecule has 1 aromatic carbocycles. The van der Waals surface area contributed by atoms with E-state index in [9.17, 15) is 8.42 Å². The highest BCUT2D eigenvalue weighted by molar-refractivity contribution is 7.89. The van der Waals surface area contributed by atoms with Gasteiger partial charge in [-0.15, -0.1) is 0 Å². The van der Waals surface area contributed by atoms with Crippen molar-refractivity contribution in [3.05, 3.63) is 35.4 Å². The number of rotatable bonds is 6. The normalized spacial score (nSPS) is 11.5. The smallest absolute Gasteiger partial charge is 0.244 e. The summed E-state index contributed by atoms with van der Waals surface area (Å²) in [6.07, 6.45) is 1.78. The lowest BCUT2D eigenvalue weighted by atomic mass is 10.3. The number of H-pyrrole nitrogens is 1. The van der Waals surface area contributed by atoms with E-state index in [1.165, 1.54) is 31.6 Å². The van der Waals surface area contributed by atoms with Crippen LogP contribution in [0.1, 0.15) is 5.82 Å². The Balaban J connectivity index is 2.10. The minimum Gasteiger partial charge on any atom is -0.495 e. The van der Waals surface area contributed by atoms with E-state index in [1.54, 1.807) is 0 Å². The van der Waals surface area contributed by atoms with Crippen LogP contribution in [0.4, 0.5) is 0 Å². The third-order valence-electron chi connectivity index (χ3n) is 2.53. The van der Waals surface area contributed by atoms with Crippen LogP contribution in [0, 0.1) is 0 Å². The van der Waals surface area contributed by atoms with E-state index in [0.717, 1.165) is 0 Å². The standard InChI is InChI=1S/C11H13ClN4O3S/c1-19-9-6-8(12)2-3-10(9)20(17,18)15-5-4-11-13-7-14-16-11/h2-3,6-7,15H,4-5H2,1H3,(H,13,14,16). The van der Waals surface area contributed by atoms with Gasteiger partial charge >= 0.3 is 0 Å². The van der Waals surface area contributed by atoms with E-state index in [1.807, 2.05) is 0 Å². The average Bonchev–Trinajstić information content (AvgIpc) is 2.91. The molecule has 0 saturated carbocycles. The number of halogens is 1. The van der Waals surface area contributed by atoms with Gasteiger partial charge in [-0.25, -0.2) is 18.1 Å². The third kappa shape index (κ3) is 3.47. The summed E-state index contributed by atoms with van der Waals surface area (Å²) >= 11 is 5.80. The number of hydrogen-bond donors (Lipinski definition) is 2. The number of ether oxygens (including phenoxy) is 1. The quantitative estimate of drug-likeness (QED) is 0.828. The first-order chi connectivity index (χ1) is 9.53. The van der Waals surface area contributed by atoms with Gasteiger partial charge in [0.25, 0.3) is 0 Å². The summed E-state index contributed by atoms with van der Waals surface area (Å²) in [5, 5.41) is 6.74. The van der Waals surface area contributed by atoms with Crippen molar-refractivity contribution in [2.45, 2.75) is 11.3 Å². The number of benzene rings is 1. The lowest BCUT2D eigenvalue weighted by Crippen LogP contribution is -2.26. The van der Waals surface area contributed by atoms with Crippen molar-refractivity contribution in [1.29, 1.82) is 0 Å². The molecule has 108 valence electrons. The predicted octanol–water partition coefficient (Wildman–Crippen LogP) is 0.988. The molecule has 0 unspecified atom stereocenters. The van der Waals surface area contributed by atoms with Crippen molar-refractivity contribution in [1.82, 2.24) is 19.9 Å². The predicted molar refractivity (Wildman–Crippen MR) is 73.3 cm³/mol. The van der Waals surface area contributed by atoms with Crippen LogP contribution in [0.2, 0.25) is 5.02 Å². The number of hydrogen-bond acceptors (Lipinski definition) is 5. The van der Waals surface area contributed by atoms with Crippen LogP contribution >= 0.6 is 11.6 Å². The molecule has 0 spiro atoms. The molecule has 0 amide bonds. The number of aromatic nitrogens is 3. The van der Waals surface area contributed by atoms with Gasteiger partial charge in [-0.05, 0) is 12.1 Å². The molecule has 0 bridgehead atoms. The Kier molecular flexibility index (Phi) is 4.58. The van der Waals surface area contributed by atoms with Crippen LogP contribution in [-0.4, -0.2) is 37.3 Å². The van der Waals surface area contributed by atoms with E-state index < -0.39 is 10.0 Å².